The van der Waals surface area contributed by atoms with Crippen LogP contribution in [0.25, 0.3) is 0 Å². The second-order valence-corrected chi connectivity index (χ2v) is 8.63. The molecule has 2 rings (SSSR count). The Morgan fingerprint density at radius 1 is 1.00 bits per heavy atom. The van der Waals surface area contributed by atoms with E-state index in [0.717, 1.165) is 0 Å². The molecule has 6 nitrogen and oxygen atoms in total. The molecule has 0 aliphatic heterocycles. The summed E-state index contributed by atoms with van der Waals surface area (Å²) in [6.07, 6.45) is -0.704. The lowest BCUT2D eigenvalue weighted by Gasteiger charge is -2.16. The van der Waals surface area contributed by atoms with Gasteiger partial charge in [-0.15, -0.1) is 0 Å². The van der Waals surface area contributed by atoms with E-state index >= 15 is 0 Å². The Kier molecular flexibility index (Phi) is 6.97. The zero-order valence-corrected chi connectivity index (χ0v) is 17.3. The number of carbonyl (C=O) groups is 1. The fourth-order valence-corrected chi connectivity index (χ4v) is 3.48. The van der Waals surface area contributed by atoms with Gasteiger partial charge in [0.25, 0.3) is 15.9 Å². The minimum Gasteiger partial charge on any atom is -0.481 e. The largest absolute Gasteiger partial charge is 0.481 e. The van der Waals surface area contributed by atoms with E-state index < -0.39 is 16.1 Å². The van der Waals surface area contributed by atoms with E-state index in [1.807, 2.05) is 13.8 Å². The summed E-state index contributed by atoms with van der Waals surface area (Å²) in [5.74, 6) is 0.137. The Hall–Kier alpha value is -1.96. The molecule has 9 heteroatoms. The molecule has 1 atom stereocenters. The number of carbonyl (C=O) groups excluding carboxylic acids is 1. The second-order valence-electron chi connectivity index (χ2n) is 6.13. The van der Waals surface area contributed by atoms with Crippen LogP contribution in [0.3, 0.4) is 0 Å². The number of benzene rings is 2. The van der Waals surface area contributed by atoms with Crippen LogP contribution in [0, 0.1) is 0 Å². The number of hydrogen-bond acceptors (Lipinski definition) is 4. The summed E-state index contributed by atoms with van der Waals surface area (Å²) in [4.78, 5) is 11.9. The molecule has 0 bridgehead atoms. The van der Waals surface area contributed by atoms with E-state index in [1.165, 1.54) is 42.5 Å². The Labute approximate surface area is 168 Å². The van der Waals surface area contributed by atoms with Gasteiger partial charge in [0, 0.05) is 6.04 Å². The molecule has 2 aromatic rings. The number of hydrogen-bond donors (Lipinski definition) is 2. The predicted octanol–water partition coefficient (Wildman–Crippen LogP) is 4.09. The Morgan fingerprint density at radius 3 is 2.19 bits per heavy atom. The lowest BCUT2D eigenvalue weighted by Crippen LogP contribution is -2.40. The highest BCUT2D eigenvalue weighted by atomic mass is 35.5. The van der Waals surface area contributed by atoms with Crippen LogP contribution in [0.15, 0.2) is 47.4 Å². The summed E-state index contributed by atoms with van der Waals surface area (Å²) in [6.45, 7) is 5.32. The topological polar surface area (TPSA) is 84.5 Å². The van der Waals surface area contributed by atoms with Crippen LogP contribution in [0.1, 0.15) is 20.8 Å². The maximum Gasteiger partial charge on any atom is 0.261 e. The minimum atomic E-state index is -3.81. The third-order valence-corrected chi connectivity index (χ3v) is 5.56. The van der Waals surface area contributed by atoms with Crippen molar-refractivity contribution in [3.63, 3.8) is 0 Å². The molecule has 1 amide bonds. The average Bonchev–Trinajstić information content (AvgIpc) is 2.58. The first-order valence-electron chi connectivity index (χ1n) is 8.13. The monoisotopic (exact) mass is 430 g/mol. The summed E-state index contributed by atoms with van der Waals surface area (Å²) in [5, 5.41) is 3.32. The summed E-state index contributed by atoms with van der Waals surface area (Å²) in [5.41, 5.74) is 0.295. The van der Waals surface area contributed by atoms with E-state index in [0.29, 0.717) is 16.5 Å². The molecule has 0 unspecified atom stereocenters. The summed E-state index contributed by atoms with van der Waals surface area (Å²) >= 11 is 11.7. The third kappa shape index (κ3) is 6.02. The van der Waals surface area contributed by atoms with Crippen LogP contribution in [0.5, 0.6) is 5.75 Å². The first-order valence-corrected chi connectivity index (χ1v) is 10.4. The number of halogens is 2. The smallest absolute Gasteiger partial charge is 0.261 e. The van der Waals surface area contributed by atoms with E-state index in [-0.39, 0.29) is 21.9 Å². The molecule has 0 heterocycles. The molecule has 2 aromatic carbocycles. The molecular weight excluding hydrogens is 411 g/mol. The van der Waals surface area contributed by atoms with Crippen molar-refractivity contribution in [3.05, 3.63) is 52.5 Å². The number of ether oxygens (including phenoxy) is 1. The predicted molar refractivity (Wildman–Crippen MR) is 107 cm³/mol. The van der Waals surface area contributed by atoms with Gasteiger partial charge in [0.2, 0.25) is 0 Å². The lowest BCUT2D eigenvalue weighted by atomic mass is 10.3. The number of sulfonamides is 1. The van der Waals surface area contributed by atoms with Gasteiger partial charge >= 0.3 is 0 Å². The highest BCUT2D eigenvalue weighted by Gasteiger charge is 2.17. The first kappa shape index (κ1) is 21.3. The summed E-state index contributed by atoms with van der Waals surface area (Å²) in [7, 11) is -3.81. The van der Waals surface area contributed by atoms with Crippen molar-refractivity contribution in [2.45, 2.75) is 37.8 Å². The Balaban J connectivity index is 2.08. The molecule has 0 fully saturated rings. The quantitative estimate of drug-likeness (QED) is 0.692. The second kappa shape index (κ2) is 8.82. The SMILES string of the molecule is CC(C)NC(=O)[C@H](C)Oc1ccc(S(=O)(=O)Nc2ccc(Cl)c(Cl)c2)cc1. The lowest BCUT2D eigenvalue weighted by molar-refractivity contribution is -0.127. The molecule has 0 aliphatic carbocycles. The van der Waals surface area contributed by atoms with Crippen LogP contribution in [0.4, 0.5) is 5.69 Å². The molecular formula is C18H20Cl2N2O4S. The van der Waals surface area contributed by atoms with Crippen molar-refractivity contribution in [2.75, 3.05) is 4.72 Å². The molecule has 146 valence electrons. The zero-order chi connectivity index (χ0) is 20.2. The Morgan fingerprint density at radius 2 is 1.63 bits per heavy atom. The maximum atomic E-state index is 12.5. The average molecular weight is 431 g/mol. The van der Waals surface area contributed by atoms with Crippen LogP contribution in [-0.2, 0) is 14.8 Å². The van der Waals surface area contributed by atoms with Crippen molar-refractivity contribution >= 4 is 44.8 Å². The molecule has 0 aromatic heterocycles. The molecule has 0 spiro atoms. The van der Waals surface area contributed by atoms with Crippen LogP contribution >= 0.6 is 23.2 Å². The van der Waals surface area contributed by atoms with Gasteiger partial charge < -0.3 is 10.1 Å². The fourth-order valence-electron chi connectivity index (χ4n) is 2.13. The van der Waals surface area contributed by atoms with Gasteiger partial charge in [-0.2, -0.15) is 0 Å². The van der Waals surface area contributed by atoms with Gasteiger partial charge in [-0.05, 0) is 63.2 Å². The van der Waals surface area contributed by atoms with Crippen LogP contribution in [-0.4, -0.2) is 26.5 Å². The number of rotatable bonds is 7. The molecule has 0 saturated carbocycles. The standard InChI is InChI=1S/C18H20Cl2N2O4S/c1-11(2)21-18(23)12(3)26-14-5-7-15(8-6-14)27(24,25)22-13-4-9-16(19)17(20)10-13/h4-12,22H,1-3H3,(H,21,23)/t12-/m0/s1. The molecule has 0 radical (unpaired) electrons. The maximum absolute atomic E-state index is 12.5. The molecule has 0 saturated heterocycles. The minimum absolute atomic E-state index is 0.00325. The third-order valence-electron chi connectivity index (χ3n) is 3.42. The molecule has 2 N–H and O–H groups in total. The van der Waals surface area contributed by atoms with Gasteiger partial charge in [0.05, 0.1) is 20.6 Å². The van der Waals surface area contributed by atoms with E-state index in [2.05, 4.69) is 10.0 Å². The van der Waals surface area contributed by atoms with Crippen molar-refractivity contribution in [2.24, 2.45) is 0 Å². The number of anilines is 1. The van der Waals surface area contributed by atoms with Crippen molar-refractivity contribution in [3.8, 4) is 5.75 Å². The zero-order valence-electron chi connectivity index (χ0n) is 15.0. The summed E-state index contributed by atoms with van der Waals surface area (Å²) < 4.78 is 32.9. The normalized spacial score (nSPS) is 12.5. The van der Waals surface area contributed by atoms with E-state index in [1.54, 1.807) is 6.92 Å². The molecule has 27 heavy (non-hydrogen) atoms. The van der Waals surface area contributed by atoms with E-state index in [4.69, 9.17) is 27.9 Å². The Bertz CT molecular complexity index is 915. The number of amides is 1. The highest BCUT2D eigenvalue weighted by molar-refractivity contribution is 7.92. The van der Waals surface area contributed by atoms with Crippen LogP contribution < -0.4 is 14.8 Å². The first-order chi connectivity index (χ1) is 12.6. The van der Waals surface area contributed by atoms with E-state index in [9.17, 15) is 13.2 Å². The van der Waals surface area contributed by atoms with Gasteiger partial charge in [-0.1, -0.05) is 23.2 Å². The van der Waals surface area contributed by atoms with Crippen molar-refractivity contribution < 1.29 is 17.9 Å². The highest BCUT2D eigenvalue weighted by Crippen LogP contribution is 2.27. The van der Waals surface area contributed by atoms with Gasteiger partial charge in [0.15, 0.2) is 6.10 Å². The molecule has 0 aliphatic rings. The van der Waals surface area contributed by atoms with Crippen molar-refractivity contribution in [1.29, 1.82) is 0 Å². The van der Waals surface area contributed by atoms with Gasteiger partial charge in [-0.25, -0.2) is 8.42 Å². The van der Waals surface area contributed by atoms with Crippen LogP contribution in [0.2, 0.25) is 10.0 Å². The number of nitrogens with one attached hydrogen (secondary N) is 2. The van der Waals surface area contributed by atoms with Gasteiger partial charge in [0.1, 0.15) is 5.75 Å². The fraction of sp³-hybridized carbons (Fsp3) is 0.278. The summed E-state index contributed by atoms with van der Waals surface area (Å²) in [6, 6.07) is 10.2. The van der Waals surface area contributed by atoms with Gasteiger partial charge in [-0.3, -0.25) is 9.52 Å². The van der Waals surface area contributed by atoms with Crippen molar-refractivity contribution in [1.82, 2.24) is 5.32 Å².